The summed E-state index contributed by atoms with van der Waals surface area (Å²) in [4.78, 5) is 13.4. The molecule has 0 radical (unpaired) electrons. The fourth-order valence-electron chi connectivity index (χ4n) is 4.91. The first kappa shape index (κ1) is 24.1. The SMILES string of the molecule is CC.CC(C)N1CCN(CCN2CCC(N3CCN(C(C)C)CC3)CC2)CC1. The van der Waals surface area contributed by atoms with Crippen molar-refractivity contribution in [3.63, 3.8) is 0 Å². The highest BCUT2D eigenvalue weighted by atomic mass is 15.3. The van der Waals surface area contributed by atoms with Crippen LogP contribution in [0.2, 0.25) is 0 Å². The Kier molecular flexibility index (Phi) is 10.7. The first-order valence-electron chi connectivity index (χ1n) is 12.2. The molecular formula is C23H49N5. The Morgan fingerprint density at radius 3 is 1.39 bits per heavy atom. The highest BCUT2D eigenvalue weighted by Crippen LogP contribution is 2.19. The summed E-state index contributed by atoms with van der Waals surface area (Å²) in [6.07, 6.45) is 2.76. The monoisotopic (exact) mass is 395 g/mol. The second-order valence-corrected chi connectivity index (χ2v) is 9.21. The molecular weight excluding hydrogens is 346 g/mol. The first-order valence-corrected chi connectivity index (χ1v) is 12.2. The number of likely N-dealkylation sites (tertiary alicyclic amines) is 1. The molecule has 0 saturated carbocycles. The van der Waals surface area contributed by atoms with Crippen molar-refractivity contribution in [1.82, 2.24) is 24.5 Å². The van der Waals surface area contributed by atoms with Crippen LogP contribution in [0.4, 0.5) is 0 Å². The van der Waals surface area contributed by atoms with E-state index in [9.17, 15) is 0 Å². The Labute approximate surface area is 176 Å². The fourth-order valence-corrected chi connectivity index (χ4v) is 4.91. The van der Waals surface area contributed by atoms with Crippen molar-refractivity contribution in [2.45, 2.75) is 72.5 Å². The highest BCUT2D eigenvalue weighted by Gasteiger charge is 2.28. The summed E-state index contributed by atoms with van der Waals surface area (Å²) in [5.41, 5.74) is 0. The molecule has 0 aromatic carbocycles. The third-order valence-corrected chi connectivity index (χ3v) is 7.02. The van der Waals surface area contributed by atoms with Crippen LogP contribution in [0.25, 0.3) is 0 Å². The van der Waals surface area contributed by atoms with Crippen LogP contribution in [0.5, 0.6) is 0 Å². The minimum Gasteiger partial charge on any atom is -0.302 e. The lowest BCUT2D eigenvalue weighted by Crippen LogP contribution is -2.55. The molecule has 166 valence electrons. The van der Waals surface area contributed by atoms with E-state index in [1.54, 1.807) is 0 Å². The molecule has 5 heteroatoms. The number of piperidine rings is 1. The summed E-state index contributed by atoms with van der Waals surface area (Å²) in [6, 6.07) is 2.26. The molecule has 0 aromatic rings. The lowest BCUT2D eigenvalue weighted by molar-refractivity contribution is 0.0438. The van der Waals surface area contributed by atoms with E-state index in [0.717, 1.165) is 6.04 Å². The molecule has 0 amide bonds. The van der Waals surface area contributed by atoms with Gasteiger partial charge in [-0.25, -0.2) is 0 Å². The smallest absolute Gasteiger partial charge is 0.0121 e. The van der Waals surface area contributed by atoms with Gasteiger partial charge in [0.1, 0.15) is 0 Å². The third kappa shape index (κ3) is 7.24. The number of hydrogen-bond acceptors (Lipinski definition) is 5. The van der Waals surface area contributed by atoms with Crippen LogP contribution in [-0.2, 0) is 0 Å². The standard InChI is InChI=1S/C21H43N5.C2H6/c1-19(2)24-13-11-23(12-14-24)10-9-22-7-5-21(6-8-22)26-17-15-25(16-18-26)20(3)4;1-2/h19-21H,5-18H2,1-4H3;1-2H3. The Balaban J connectivity index is 0.00000136. The van der Waals surface area contributed by atoms with E-state index < -0.39 is 0 Å². The van der Waals surface area contributed by atoms with Gasteiger partial charge in [-0.15, -0.1) is 0 Å². The summed E-state index contributed by atoms with van der Waals surface area (Å²) < 4.78 is 0. The maximum Gasteiger partial charge on any atom is 0.0121 e. The number of hydrogen-bond donors (Lipinski definition) is 0. The molecule has 3 heterocycles. The van der Waals surface area contributed by atoms with Crippen LogP contribution in [0.15, 0.2) is 0 Å². The Morgan fingerprint density at radius 2 is 0.964 bits per heavy atom. The van der Waals surface area contributed by atoms with Gasteiger partial charge >= 0.3 is 0 Å². The van der Waals surface area contributed by atoms with Crippen LogP contribution in [0.1, 0.15) is 54.4 Å². The van der Waals surface area contributed by atoms with Crippen molar-refractivity contribution in [3.05, 3.63) is 0 Å². The second kappa shape index (κ2) is 12.5. The van der Waals surface area contributed by atoms with Gasteiger partial charge in [0.15, 0.2) is 0 Å². The van der Waals surface area contributed by atoms with Gasteiger partial charge in [-0.3, -0.25) is 19.6 Å². The topological polar surface area (TPSA) is 16.2 Å². The van der Waals surface area contributed by atoms with E-state index in [-0.39, 0.29) is 0 Å². The van der Waals surface area contributed by atoms with E-state index in [1.807, 2.05) is 13.8 Å². The number of rotatable bonds is 6. The molecule has 3 aliphatic heterocycles. The Bertz CT molecular complexity index is 390. The molecule has 0 atom stereocenters. The molecule has 0 spiro atoms. The van der Waals surface area contributed by atoms with Crippen molar-refractivity contribution in [2.75, 3.05) is 78.5 Å². The molecule has 5 nitrogen and oxygen atoms in total. The van der Waals surface area contributed by atoms with Gasteiger partial charge in [0.05, 0.1) is 0 Å². The molecule has 28 heavy (non-hydrogen) atoms. The quantitative estimate of drug-likeness (QED) is 0.685. The fraction of sp³-hybridized carbons (Fsp3) is 1.00. The zero-order valence-electron chi connectivity index (χ0n) is 19.9. The third-order valence-electron chi connectivity index (χ3n) is 7.02. The molecule has 3 rings (SSSR count). The van der Waals surface area contributed by atoms with Crippen LogP contribution in [0, 0.1) is 0 Å². The summed E-state index contributed by atoms with van der Waals surface area (Å²) >= 11 is 0. The average Bonchev–Trinajstić information content (AvgIpc) is 2.74. The molecule has 3 fully saturated rings. The van der Waals surface area contributed by atoms with Crippen LogP contribution < -0.4 is 0 Å². The minimum absolute atomic E-state index is 0.707. The Hall–Kier alpha value is -0.200. The predicted molar refractivity (Wildman–Crippen MR) is 122 cm³/mol. The van der Waals surface area contributed by atoms with E-state index >= 15 is 0 Å². The molecule has 0 aromatic heterocycles. The van der Waals surface area contributed by atoms with E-state index in [4.69, 9.17) is 0 Å². The van der Waals surface area contributed by atoms with E-state index in [1.165, 1.54) is 91.4 Å². The molecule has 0 bridgehead atoms. The zero-order chi connectivity index (χ0) is 20.5. The highest BCUT2D eigenvalue weighted by molar-refractivity contribution is 4.84. The number of piperazine rings is 2. The maximum absolute atomic E-state index is 2.78. The lowest BCUT2D eigenvalue weighted by Gasteiger charge is -2.44. The van der Waals surface area contributed by atoms with Gasteiger partial charge in [0, 0.05) is 83.6 Å². The molecule has 0 aliphatic carbocycles. The summed E-state index contributed by atoms with van der Waals surface area (Å²) in [7, 11) is 0. The molecule has 3 saturated heterocycles. The largest absolute Gasteiger partial charge is 0.302 e. The van der Waals surface area contributed by atoms with E-state index in [2.05, 4.69) is 52.2 Å². The molecule has 3 aliphatic rings. The first-order chi connectivity index (χ1) is 13.5. The number of nitrogens with zero attached hydrogens (tertiary/aromatic N) is 5. The van der Waals surface area contributed by atoms with Gasteiger partial charge in [-0.1, -0.05) is 13.8 Å². The van der Waals surface area contributed by atoms with Gasteiger partial charge in [0.25, 0.3) is 0 Å². The Morgan fingerprint density at radius 1 is 0.571 bits per heavy atom. The summed E-state index contributed by atoms with van der Waals surface area (Å²) in [5.74, 6) is 0. The normalized spacial score (nSPS) is 25.3. The van der Waals surface area contributed by atoms with Crippen LogP contribution in [0.3, 0.4) is 0 Å². The van der Waals surface area contributed by atoms with Crippen molar-refractivity contribution in [3.8, 4) is 0 Å². The van der Waals surface area contributed by atoms with Crippen LogP contribution >= 0.6 is 0 Å². The predicted octanol–water partition coefficient (Wildman–Crippen LogP) is 2.53. The van der Waals surface area contributed by atoms with Crippen LogP contribution in [-0.4, -0.2) is 121 Å². The van der Waals surface area contributed by atoms with Gasteiger partial charge in [-0.2, -0.15) is 0 Å². The van der Waals surface area contributed by atoms with Crippen molar-refractivity contribution >= 4 is 0 Å². The van der Waals surface area contributed by atoms with Crippen molar-refractivity contribution < 1.29 is 0 Å². The van der Waals surface area contributed by atoms with Crippen molar-refractivity contribution in [2.24, 2.45) is 0 Å². The van der Waals surface area contributed by atoms with Crippen molar-refractivity contribution in [1.29, 1.82) is 0 Å². The molecule has 0 N–H and O–H groups in total. The van der Waals surface area contributed by atoms with Gasteiger partial charge in [-0.05, 0) is 53.6 Å². The van der Waals surface area contributed by atoms with Gasteiger partial charge in [0.2, 0.25) is 0 Å². The lowest BCUT2D eigenvalue weighted by atomic mass is 10.0. The maximum atomic E-state index is 2.78. The summed E-state index contributed by atoms with van der Waals surface area (Å²) in [6.45, 7) is 28.6. The molecule has 0 unspecified atom stereocenters. The zero-order valence-corrected chi connectivity index (χ0v) is 19.9. The average molecular weight is 396 g/mol. The second-order valence-electron chi connectivity index (χ2n) is 9.21. The van der Waals surface area contributed by atoms with Gasteiger partial charge < -0.3 is 4.90 Å². The van der Waals surface area contributed by atoms with E-state index in [0.29, 0.717) is 12.1 Å². The minimum atomic E-state index is 0.707. The summed E-state index contributed by atoms with van der Waals surface area (Å²) in [5, 5.41) is 0.